The fourth-order valence-corrected chi connectivity index (χ4v) is 3.14. The number of carbonyl (C=O) groups is 3. The van der Waals surface area contributed by atoms with Gasteiger partial charge < -0.3 is 9.64 Å². The number of amides is 3. The highest BCUT2D eigenvalue weighted by molar-refractivity contribution is 6.00. The summed E-state index contributed by atoms with van der Waals surface area (Å²) in [5.41, 5.74) is 7.16. The van der Waals surface area contributed by atoms with Crippen LogP contribution in [0.2, 0.25) is 0 Å². The minimum Gasteiger partial charge on any atom is -0.497 e. The molecule has 2 N–H and O–H groups in total. The highest BCUT2D eigenvalue weighted by Gasteiger charge is 2.35. The van der Waals surface area contributed by atoms with E-state index < -0.39 is 17.7 Å². The summed E-state index contributed by atoms with van der Waals surface area (Å²) in [7, 11) is 1.57. The van der Waals surface area contributed by atoms with Crippen molar-refractivity contribution in [2.75, 3.05) is 18.6 Å². The number of hydrogen-bond donors (Lipinski definition) is 2. The van der Waals surface area contributed by atoms with Crippen LogP contribution in [0.1, 0.15) is 17.8 Å². The predicted octanol–water partition coefficient (Wildman–Crippen LogP) is 0.709. The largest absolute Gasteiger partial charge is 0.497 e. The number of methoxy groups -OCH3 is 1. The number of hydrogen-bond acceptors (Lipinski definition) is 5. The summed E-state index contributed by atoms with van der Waals surface area (Å²) in [5, 5.41) is 4.20. The zero-order chi connectivity index (χ0) is 20.3. The smallest absolute Gasteiger partial charge is 0.260 e. The van der Waals surface area contributed by atoms with Crippen LogP contribution in [0.4, 0.5) is 5.69 Å². The molecule has 1 unspecified atom stereocenters. The van der Waals surface area contributed by atoms with Gasteiger partial charge in [0.25, 0.3) is 5.91 Å². The lowest BCUT2D eigenvalue weighted by Crippen LogP contribution is -2.46. The predicted molar refractivity (Wildman–Crippen MR) is 101 cm³/mol. The van der Waals surface area contributed by atoms with Gasteiger partial charge in [-0.05, 0) is 44.2 Å². The normalized spacial score (nSPS) is 16.2. The van der Waals surface area contributed by atoms with Crippen molar-refractivity contribution in [3.8, 4) is 5.75 Å². The molecule has 3 amide bonds. The molecule has 1 fully saturated rings. The van der Waals surface area contributed by atoms with Crippen LogP contribution >= 0.6 is 0 Å². The van der Waals surface area contributed by atoms with Crippen LogP contribution in [0, 0.1) is 19.8 Å². The molecule has 0 bridgehead atoms. The third-order valence-corrected chi connectivity index (χ3v) is 4.60. The molecule has 0 aliphatic carbocycles. The lowest BCUT2D eigenvalue weighted by atomic mass is 10.1. The van der Waals surface area contributed by atoms with E-state index in [-0.39, 0.29) is 25.4 Å². The number of anilines is 1. The van der Waals surface area contributed by atoms with Crippen LogP contribution in [0.15, 0.2) is 30.3 Å². The van der Waals surface area contributed by atoms with Gasteiger partial charge in [0.1, 0.15) is 12.3 Å². The van der Waals surface area contributed by atoms with Crippen molar-refractivity contribution in [3.63, 3.8) is 0 Å². The number of aromatic nitrogens is 2. The molecule has 1 aromatic carbocycles. The Kier molecular flexibility index (Phi) is 5.62. The molecule has 1 aliphatic heterocycles. The van der Waals surface area contributed by atoms with E-state index in [1.165, 1.54) is 0 Å². The van der Waals surface area contributed by atoms with Gasteiger partial charge in [0.2, 0.25) is 11.8 Å². The highest BCUT2D eigenvalue weighted by atomic mass is 16.5. The molecular formula is C19H23N5O4. The fraction of sp³-hybridized carbons (Fsp3) is 0.368. The molecule has 28 heavy (non-hydrogen) atoms. The molecule has 2 aromatic rings. The Morgan fingerprint density at radius 3 is 2.54 bits per heavy atom. The molecule has 1 aliphatic rings. The van der Waals surface area contributed by atoms with Gasteiger partial charge in [0.15, 0.2) is 0 Å². The Morgan fingerprint density at radius 2 is 1.93 bits per heavy atom. The molecule has 0 spiro atoms. The van der Waals surface area contributed by atoms with Crippen LogP contribution < -0.4 is 20.5 Å². The monoisotopic (exact) mass is 385 g/mol. The summed E-state index contributed by atoms with van der Waals surface area (Å²) in [6.45, 7) is 3.95. The van der Waals surface area contributed by atoms with Crippen molar-refractivity contribution in [1.82, 2.24) is 20.6 Å². The Bertz CT molecular complexity index is 890. The maximum Gasteiger partial charge on any atom is 0.260 e. The van der Waals surface area contributed by atoms with Gasteiger partial charge in [0.05, 0.1) is 18.7 Å². The van der Waals surface area contributed by atoms with E-state index in [2.05, 4.69) is 16.0 Å². The fourth-order valence-electron chi connectivity index (χ4n) is 3.14. The number of rotatable bonds is 5. The maximum absolute atomic E-state index is 12.3. The van der Waals surface area contributed by atoms with Gasteiger partial charge in [-0.25, -0.2) is 0 Å². The summed E-state index contributed by atoms with van der Waals surface area (Å²) in [6, 6.07) is 8.93. The number of nitrogens with zero attached hydrogens (tertiary/aromatic N) is 3. The van der Waals surface area contributed by atoms with E-state index in [1.54, 1.807) is 41.0 Å². The van der Waals surface area contributed by atoms with E-state index in [0.29, 0.717) is 11.4 Å². The van der Waals surface area contributed by atoms with Crippen LogP contribution in [0.5, 0.6) is 5.75 Å². The molecule has 0 radical (unpaired) electrons. The van der Waals surface area contributed by atoms with Gasteiger partial charge in [-0.15, -0.1) is 0 Å². The first-order chi connectivity index (χ1) is 13.4. The molecule has 9 nitrogen and oxygen atoms in total. The Morgan fingerprint density at radius 1 is 1.21 bits per heavy atom. The van der Waals surface area contributed by atoms with Crippen molar-refractivity contribution >= 4 is 23.4 Å². The number of aryl methyl sites for hydroxylation is 2. The van der Waals surface area contributed by atoms with Crippen LogP contribution in [-0.2, 0) is 20.9 Å². The van der Waals surface area contributed by atoms with Gasteiger partial charge in [-0.2, -0.15) is 5.10 Å². The van der Waals surface area contributed by atoms with Crippen LogP contribution in [-0.4, -0.2) is 41.2 Å². The second-order valence-electron chi connectivity index (χ2n) is 6.73. The van der Waals surface area contributed by atoms with Crippen molar-refractivity contribution in [2.45, 2.75) is 26.8 Å². The molecule has 3 rings (SSSR count). The SMILES string of the molecule is COc1ccc(N2CC(C(=O)NNC(=O)Cn3nc(C)cc3C)CC2=O)cc1. The third kappa shape index (κ3) is 4.30. The maximum atomic E-state index is 12.3. The Labute approximate surface area is 162 Å². The number of hydrazine groups is 1. The van der Waals surface area contributed by atoms with Crippen molar-refractivity contribution < 1.29 is 19.1 Å². The van der Waals surface area contributed by atoms with Crippen LogP contribution in [0.3, 0.4) is 0 Å². The van der Waals surface area contributed by atoms with Gasteiger partial charge in [-0.1, -0.05) is 0 Å². The summed E-state index contributed by atoms with van der Waals surface area (Å²) in [4.78, 5) is 38.2. The summed E-state index contributed by atoms with van der Waals surface area (Å²) in [5.74, 6) is -0.778. The zero-order valence-electron chi connectivity index (χ0n) is 16.1. The molecule has 148 valence electrons. The van der Waals surface area contributed by atoms with Gasteiger partial charge in [0, 0.05) is 24.3 Å². The highest BCUT2D eigenvalue weighted by Crippen LogP contribution is 2.26. The molecule has 9 heteroatoms. The lowest BCUT2D eigenvalue weighted by molar-refractivity contribution is -0.131. The average Bonchev–Trinajstić information content (AvgIpc) is 3.21. The lowest BCUT2D eigenvalue weighted by Gasteiger charge is -2.17. The second kappa shape index (κ2) is 8.12. The Hall–Kier alpha value is -3.36. The molecule has 1 saturated heterocycles. The average molecular weight is 385 g/mol. The standard InChI is InChI=1S/C19H23N5O4/c1-12-8-13(2)24(22-12)11-17(25)20-21-19(27)14-9-18(26)23(10-14)15-4-6-16(28-3)7-5-15/h4-8,14H,9-11H2,1-3H3,(H,20,25)(H,21,27). The number of nitrogens with one attached hydrogen (secondary N) is 2. The van der Waals surface area contributed by atoms with Crippen molar-refractivity contribution in [1.29, 1.82) is 0 Å². The number of carbonyl (C=O) groups excluding carboxylic acids is 3. The number of benzene rings is 1. The van der Waals surface area contributed by atoms with E-state index in [0.717, 1.165) is 11.4 Å². The minimum absolute atomic E-state index is 0.00151. The molecule has 0 saturated carbocycles. The van der Waals surface area contributed by atoms with Crippen LogP contribution in [0.25, 0.3) is 0 Å². The molecule has 1 atom stereocenters. The van der Waals surface area contributed by atoms with Crippen molar-refractivity contribution in [2.24, 2.45) is 5.92 Å². The zero-order valence-corrected chi connectivity index (χ0v) is 16.1. The minimum atomic E-state index is -0.538. The van der Waals surface area contributed by atoms with Gasteiger partial charge >= 0.3 is 0 Å². The second-order valence-corrected chi connectivity index (χ2v) is 6.73. The van der Waals surface area contributed by atoms with E-state index in [9.17, 15) is 14.4 Å². The number of ether oxygens (including phenoxy) is 1. The van der Waals surface area contributed by atoms with Crippen molar-refractivity contribution in [3.05, 3.63) is 41.7 Å². The molecule has 2 heterocycles. The quantitative estimate of drug-likeness (QED) is 0.738. The summed E-state index contributed by atoms with van der Waals surface area (Å²) >= 11 is 0. The topological polar surface area (TPSA) is 106 Å². The van der Waals surface area contributed by atoms with E-state index >= 15 is 0 Å². The Balaban J connectivity index is 1.52. The first-order valence-electron chi connectivity index (χ1n) is 8.91. The van der Waals surface area contributed by atoms with E-state index in [1.807, 2.05) is 19.9 Å². The van der Waals surface area contributed by atoms with Gasteiger partial charge in [-0.3, -0.25) is 29.9 Å². The van der Waals surface area contributed by atoms with E-state index in [4.69, 9.17) is 4.74 Å². The first-order valence-corrected chi connectivity index (χ1v) is 8.91. The summed E-state index contributed by atoms with van der Waals surface area (Å²) < 4.78 is 6.67. The molecule has 1 aromatic heterocycles. The molecular weight excluding hydrogens is 362 g/mol. The summed E-state index contributed by atoms with van der Waals surface area (Å²) in [6.07, 6.45) is 0.0885. The first kappa shape index (κ1) is 19.4. The third-order valence-electron chi connectivity index (χ3n) is 4.60.